The number of nitro benzene ring substituents is 1. The summed E-state index contributed by atoms with van der Waals surface area (Å²) >= 11 is 0. The zero-order chi connectivity index (χ0) is 28.2. The molecule has 2 atom stereocenters. The molecule has 6 nitrogen and oxygen atoms in total. The molecule has 17 heteroatoms. The number of alkyl halides is 6. The first-order valence-electron chi connectivity index (χ1n) is 10.9. The van der Waals surface area contributed by atoms with Gasteiger partial charge in [0.2, 0.25) is 6.33 Å². The summed E-state index contributed by atoms with van der Waals surface area (Å²) in [5.41, 5.74) is -1.65. The van der Waals surface area contributed by atoms with Crippen molar-refractivity contribution >= 4 is 12.9 Å². The van der Waals surface area contributed by atoms with Crippen LogP contribution in [0.3, 0.4) is 0 Å². The summed E-state index contributed by atoms with van der Waals surface area (Å²) in [6.07, 6.45) is -6.71. The maximum absolute atomic E-state index is 13.3. The number of fused-ring (bicyclic) bond motifs is 5. The van der Waals surface area contributed by atoms with Gasteiger partial charge in [-0.3, -0.25) is 10.1 Å². The molecule has 2 aliphatic rings. The second kappa shape index (κ2) is 9.27. The van der Waals surface area contributed by atoms with Crippen molar-refractivity contribution in [2.24, 2.45) is 5.92 Å². The molecule has 0 unspecified atom stereocenters. The third-order valence-electron chi connectivity index (χ3n) is 6.22. The van der Waals surface area contributed by atoms with E-state index in [0.29, 0.717) is 37.2 Å². The minimum atomic E-state index is -6.00. The van der Waals surface area contributed by atoms with Gasteiger partial charge in [-0.15, -0.1) is 0 Å². The molecule has 0 N–H and O–H groups in total. The van der Waals surface area contributed by atoms with Crippen molar-refractivity contribution in [2.75, 3.05) is 0 Å². The highest BCUT2D eigenvalue weighted by molar-refractivity contribution is 6.50. The zero-order valence-electron chi connectivity index (χ0n) is 18.8. The summed E-state index contributed by atoms with van der Waals surface area (Å²) in [7, 11) is -6.00. The average molecular weight is 556 g/mol. The number of halogens is 10. The van der Waals surface area contributed by atoms with Gasteiger partial charge < -0.3 is 17.3 Å². The third kappa shape index (κ3) is 5.75. The summed E-state index contributed by atoms with van der Waals surface area (Å²) in [5.74, 6) is 0.589. The van der Waals surface area contributed by atoms with Gasteiger partial charge in [-0.25, -0.2) is 4.57 Å². The van der Waals surface area contributed by atoms with Crippen LogP contribution in [0, 0.1) is 16.0 Å². The van der Waals surface area contributed by atoms with E-state index in [2.05, 4.69) is 5.10 Å². The molecule has 0 saturated heterocycles. The molecule has 0 amide bonds. The molecule has 1 aliphatic heterocycles. The predicted octanol–water partition coefficient (Wildman–Crippen LogP) is 6.11. The van der Waals surface area contributed by atoms with Crippen molar-refractivity contribution < 1.29 is 53.1 Å². The highest BCUT2D eigenvalue weighted by Crippen LogP contribution is 2.42. The van der Waals surface area contributed by atoms with Crippen molar-refractivity contribution in [1.82, 2.24) is 9.78 Å². The minimum absolute atomic E-state index is 0.0719. The molecule has 0 saturated carbocycles. The Labute approximate surface area is 206 Å². The SMILES string of the molecule is F[B-](F)(F)F.O=[N+]([O-])c1ccc2c(c1)[C@@H]1[C@@H](CCc3nn(-c4cc(C(F)(F)F)cc(C(F)(F)F)c4)c[n+]31)C2. The fourth-order valence-corrected chi connectivity index (χ4v) is 4.75. The first-order valence-corrected chi connectivity index (χ1v) is 10.9. The molecule has 0 fully saturated rings. The highest BCUT2D eigenvalue weighted by Gasteiger charge is 2.44. The second-order valence-electron chi connectivity index (χ2n) is 8.73. The predicted molar refractivity (Wildman–Crippen MR) is 111 cm³/mol. The summed E-state index contributed by atoms with van der Waals surface area (Å²) in [6.45, 7) is 0. The van der Waals surface area contributed by atoms with E-state index in [1.165, 1.54) is 18.5 Å². The van der Waals surface area contributed by atoms with Crippen LogP contribution < -0.4 is 4.57 Å². The summed E-state index contributed by atoms with van der Waals surface area (Å²) in [4.78, 5) is 10.7. The van der Waals surface area contributed by atoms with Gasteiger partial charge in [-0.1, -0.05) is 10.7 Å². The van der Waals surface area contributed by atoms with E-state index >= 15 is 0 Å². The van der Waals surface area contributed by atoms with Crippen LogP contribution in [-0.2, 0) is 25.2 Å². The number of nitro groups is 1. The summed E-state index contributed by atoms with van der Waals surface area (Å²) in [5, 5.41) is 15.5. The van der Waals surface area contributed by atoms with E-state index in [9.17, 15) is 53.7 Å². The van der Waals surface area contributed by atoms with Crippen LogP contribution in [0.15, 0.2) is 42.7 Å². The van der Waals surface area contributed by atoms with Gasteiger partial charge in [0.25, 0.3) is 11.5 Å². The Hall–Kier alpha value is -3.66. The normalized spacial score (nSPS) is 18.7. The molecule has 0 bridgehead atoms. The first kappa shape index (κ1) is 27.4. The molecule has 1 aromatic heterocycles. The van der Waals surface area contributed by atoms with Crippen LogP contribution in [0.2, 0.25) is 0 Å². The van der Waals surface area contributed by atoms with Crippen molar-refractivity contribution in [2.45, 2.75) is 37.7 Å². The van der Waals surface area contributed by atoms with E-state index in [1.807, 2.05) is 0 Å². The maximum atomic E-state index is 13.3. The lowest BCUT2D eigenvalue weighted by atomic mass is 9.91. The molecule has 0 spiro atoms. The van der Waals surface area contributed by atoms with Crippen LogP contribution in [0.5, 0.6) is 0 Å². The summed E-state index contributed by atoms with van der Waals surface area (Å²) < 4.78 is 121. The van der Waals surface area contributed by atoms with Gasteiger partial charge in [0.15, 0.2) is 0 Å². The van der Waals surface area contributed by atoms with E-state index in [4.69, 9.17) is 0 Å². The van der Waals surface area contributed by atoms with Gasteiger partial charge in [0, 0.05) is 29.6 Å². The molecule has 38 heavy (non-hydrogen) atoms. The molecule has 5 rings (SSSR count). The number of hydrogen-bond donors (Lipinski definition) is 0. The number of rotatable bonds is 2. The number of non-ortho nitro benzene ring substituents is 1. The minimum Gasteiger partial charge on any atom is -0.418 e. The quantitative estimate of drug-likeness (QED) is 0.126. The van der Waals surface area contributed by atoms with Gasteiger partial charge in [-0.05, 0) is 42.2 Å². The standard InChI is InChI=1S/C21H15F6N4O2.BF4/c22-20(23,24)13-6-14(21(25,26)27)8-16(7-13)30-10-29-18(28-30)4-2-12-5-11-1-3-15(31(32)33)9-17(11)19(12)29;2-1(3,4)5/h1,3,6-10,12,19H,2,4-5H2;/q+1;-1/t12-,19-;/m0./s1. The monoisotopic (exact) mass is 556 g/mol. The Morgan fingerprint density at radius 1 is 0.974 bits per heavy atom. The molecule has 0 radical (unpaired) electrons. The molecule has 3 aromatic rings. The third-order valence-corrected chi connectivity index (χ3v) is 6.22. The van der Waals surface area contributed by atoms with Crippen molar-refractivity contribution in [3.8, 4) is 5.69 Å². The highest BCUT2D eigenvalue weighted by atomic mass is 19.5. The Morgan fingerprint density at radius 3 is 2.08 bits per heavy atom. The largest absolute Gasteiger partial charge is 0.673 e. The number of aryl methyl sites for hydroxylation is 1. The van der Waals surface area contributed by atoms with E-state index in [-0.39, 0.29) is 29.4 Å². The average Bonchev–Trinajstić information content (AvgIpc) is 3.37. The number of aromatic nitrogens is 3. The Bertz CT molecular complexity index is 1350. The number of benzene rings is 2. The van der Waals surface area contributed by atoms with E-state index in [1.54, 1.807) is 10.6 Å². The second-order valence-corrected chi connectivity index (χ2v) is 8.73. The lowest BCUT2D eigenvalue weighted by molar-refractivity contribution is -0.732. The fourth-order valence-electron chi connectivity index (χ4n) is 4.75. The molecular weight excluding hydrogens is 541 g/mol. The van der Waals surface area contributed by atoms with Gasteiger partial charge in [0.05, 0.1) is 16.1 Å². The van der Waals surface area contributed by atoms with Gasteiger partial charge >= 0.3 is 19.6 Å². The molecule has 204 valence electrons. The molecular formula is C21H15BF10N4O2. The van der Waals surface area contributed by atoms with Crippen molar-refractivity contribution in [1.29, 1.82) is 0 Å². The lowest BCUT2D eigenvalue weighted by Gasteiger charge is -2.22. The molecule has 1 aliphatic carbocycles. The van der Waals surface area contributed by atoms with Crippen molar-refractivity contribution in [3.05, 3.63) is 80.9 Å². The Kier molecular flexibility index (Phi) is 6.68. The van der Waals surface area contributed by atoms with Crippen LogP contribution in [-0.4, -0.2) is 22.0 Å². The Morgan fingerprint density at radius 2 is 1.55 bits per heavy atom. The maximum Gasteiger partial charge on any atom is 0.673 e. The lowest BCUT2D eigenvalue weighted by Crippen LogP contribution is -2.47. The summed E-state index contributed by atoms with van der Waals surface area (Å²) in [6, 6.07) is 5.59. The van der Waals surface area contributed by atoms with E-state index in [0.717, 1.165) is 15.8 Å². The van der Waals surface area contributed by atoms with Crippen LogP contribution in [0.1, 0.15) is 40.5 Å². The molecule has 2 aromatic carbocycles. The van der Waals surface area contributed by atoms with Gasteiger partial charge in [0.1, 0.15) is 11.7 Å². The topological polar surface area (TPSA) is 64.8 Å². The smallest absolute Gasteiger partial charge is 0.418 e. The fraction of sp³-hybridized carbons (Fsp3) is 0.333. The first-order chi connectivity index (χ1) is 17.4. The van der Waals surface area contributed by atoms with Crippen molar-refractivity contribution in [3.63, 3.8) is 0 Å². The number of hydrogen-bond acceptors (Lipinski definition) is 3. The van der Waals surface area contributed by atoms with Gasteiger partial charge in [-0.2, -0.15) is 26.3 Å². The van der Waals surface area contributed by atoms with Crippen LogP contribution in [0.25, 0.3) is 5.69 Å². The Balaban J connectivity index is 0.000000617. The molecule has 2 heterocycles. The van der Waals surface area contributed by atoms with Crippen LogP contribution >= 0.6 is 0 Å². The van der Waals surface area contributed by atoms with E-state index < -0.39 is 35.7 Å². The zero-order valence-corrected chi connectivity index (χ0v) is 18.8. The van der Waals surface area contributed by atoms with Crippen LogP contribution in [0.4, 0.5) is 49.3 Å². The number of nitrogens with zero attached hydrogens (tertiary/aromatic N) is 4.